The fourth-order valence-corrected chi connectivity index (χ4v) is 3.75. The zero-order valence-electron chi connectivity index (χ0n) is 16.5. The van der Waals surface area contributed by atoms with Crippen molar-refractivity contribution in [2.45, 2.75) is 58.9 Å². The van der Waals surface area contributed by atoms with E-state index in [9.17, 15) is 9.59 Å². The van der Waals surface area contributed by atoms with Crippen LogP contribution in [0.3, 0.4) is 0 Å². The summed E-state index contributed by atoms with van der Waals surface area (Å²) >= 11 is 0. The first kappa shape index (κ1) is 20.4. The fraction of sp³-hybridized carbons (Fsp3) is 0.619. The molecule has 0 aliphatic heterocycles. The number of hydrogen-bond acceptors (Lipinski definition) is 3. The Hall–Kier alpha value is -1.88. The maximum absolute atomic E-state index is 12.5. The number of anilines is 1. The third-order valence-electron chi connectivity index (χ3n) is 5.29. The number of amides is 2. The van der Waals surface area contributed by atoms with E-state index in [1.165, 1.54) is 32.1 Å². The molecule has 2 rings (SSSR count). The molecule has 5 nitrogen and oxygen atoms in total. The lowest BCUT2D eigenvalue weighted by atomic mass is 9.94. The largest absolute Gasteiger partial charge is 0.339 e. The Labute approximate surface area is 157 Å². The third kappa shape index (κ3) is 5.56. The molecule has 1 saturated carbocycles. The standard InChI is InChI=1S/C21H33N3O2/c1-4-23(5-2)21(26)17-11-10-12-18(15-17)22-20(25)16-24(6-3)19-13-8-7-9-14-19/h10-12,15,19H,4-9,13-14,16H2,1-3H3,(H,22,25). The Kier molecular flexibility index (Phi) is 8.10. The van der Waals surface area contributed by atoms with Gasteiger partial charge in [0.15, 0.2) is 0 Å². The van der Waals surface area contributed by atoms with E-state index >= 15 is 0 Å². The van der Waals surface area contributed by atoms with Crippen molar-refractivity contribution in [3.8, 4) is 0 Å². The first-order chi connectivity index (χ1) is 12.6. The molecular weight excluding hydrogens is 326 g/mol. The summed E-state index contributed by atoms with van der Waals surface area (Å²) in [6.45, 7) is 8.71. The molecule has 1 aromatic rings. The fourth-order valence-electron chi connectivity index (χ4n) is 3.75. The lowest BCUT2D eigenvalue weighted by Gasteiger charge is -2.32. The van der Waals surface area contributed by atoms with Gasteiger partial charge in [-0.3, -0.25) is 14.5 Å². The van der Waals surface area contributed by atoms with Crippen molar-refractivity contribution in [2.75, 3.05) is 31.5 Å². The molecule has 0 radical (unpaired) electrons. The highest BCUT2D eigenvalue weighted by Gasteiger charge is 2.22. The van der Waals surface area contributed by atoms with E-state index in [1.54, 1.807) is 17.0 Å². The number of likely N-dealkylation sites (N-methyl/N-ethyl adjacent to an activating group) is 1. The predicted molar refractivity (Wildman–Crippen MR) is 106 cm³/mol. The molecule has 0 aromatic heterocycles. The smallest absolute Gasteiger partial charge is 0.253 e. The molecule has 0 atom stereocenters. The average molecular weight is 360 g/mol. The zero-order chi connectivity index (χ0) is 18.9. The van der Waals surface area contributed by atoms with E-state index in [2.05, 4.69) is 17.1 Å². The lowest BCUT2D eigenvalue weighted by Crippen LogP contribution is -2.41. The zero-order valence-corrected chi connectivity index (χ0v) is 16.5. The third-order valence-corrected chi connectivity index (χ3v) is 5.29. The molecule has 0 spiro atoms. The first-order valence-electron chi connectivity index (χ1n) is 10.0. The van der Waals surface area contributed by atoms with Gasteiger partial charge < -0.3 is 10.2 Å². The monoisotopic (exact) mass is 359 g/mol. The Morgan fingerprint density at radius 3 is 2.35 bits per heavy atom. The van der Waals surface area contributed by atoms with Crippen LogP contribution in [0.2, 0.25) is 0 Å². The van der Waals surface area contributed by atoms with Crippen LogP contribution in [-0.4, -0.2) is 53.8 Å². The Balaban J connectivity index is 1.97. The van der Waals surface area contributed by atoms with Gasteiger partial charge in [-0.1, -0.05) is 32.3 Å². The summed E-state index contributed by atoms with van der Waals surface area (Å²) in [7, 11) is 0. The molecule has 1 aromatic carbocycles. The molecule has 1 aliphatic carbocycles. The molecule has 0 bridgehead atoms. The van der Waals surface area contributed by atoms with Crippen LogP contribution in [0.15, 0.2) is 24.3 Å². The van der Waals surface area contributed by atoms with E-state index in [4.69, 9.17) is 0 Å². The van der Waals surface area contributed by atoms with Crippen LogP contribution in [-0.2, 0) is 4.79 Å². The SMILES string of the molecule is CCN(CC)C(=O)c1cccc(NC(=O)CN(CC)C2CCCCC2)c1. The van der Waals surface area contributed by atoms with Gasteiger partial charge in [0.05, 0.1) is 6.54 Å². The van der Waals surface area contributed by atoms with Crippen LogP contribution >= 0.6 is 0 Å². The van der Waals surface area contributed by atoms with E-state index in [0.29, 0.717) is 36.9 Å². The minimum absolute atomic E-state index is 0.00323. The number of rotatable bonds is 8. The molecule has 1 aliphatic rings. The van der Waals surface area contributed by atoms with Crippen molar-refractivity contribution in [3.63, 3.8) is 0 Å². The van der Waals surface area contributed by atoms with Gasteiger partial charge in [-0.2, -0.15) is 0 Å². The molecule has 144 valence electrons. The van der Waals surface area contributed by atoms with Gasteiger partial charge in [0.25, 0.3) is 5.91 Å². The first-order valence-corrected chi connectivity index (χ1v) is 10.0. The topological polar surface area (TPSA) is 52.7 Å². The number of nitrogens with one attached hydrogen (secondary N) is 1. The summed E-state index contributed by atoms with van der Waals surface area (Å²) in [6, 6.07) is 7.76. The quantitative estimate of drug-likeness (QED) is 0.769. The highest BCUT2D eigenvalue weighted by Crippen LogP contribution is 2.22. The van der Waals surface area contributed by atoms with Gasteiger partial charge in [-0.25, -0.2) is 0 Å². The second-order valence-corrected chi connectivity index (χ2v) is 6.96. The number of hydrogen-bond donors (Lipinski definition) is 1. The maximum Gasteiger partial charge on any atom is 0.253 e. The van der Waals surface area contributed by atoms with Gasteiger partial charge >= 0.3 is 0 Å². The normalized spacial score (nSPS) is 15.1. The van der Waals surface area contributed by atoms with Crippen molar-refractivity contribution >= 4 is 17.5 Å². The minimum atomic E-state index is -0.00939. The number of benzene rings is 1. The molecule has 0 unspecified atom stereocenters. The second kappa shape index (κ2) is 10.3. The molecule has 1 N–H and O–H groups in total. The Bertz CT molecular complexity index is 593. The summed E-state index contributed by atoms with van der Waals surface area (Å²) in [5.41, 5.74) is 1.30. The van der Waals surface area contributed by atoms with E-state index in [0.717, 1.165) is 6.54 Å². The highest BCUT2D eigenvalue weighted by molar-refractivity contribution is 5.97. The summed E-state index contributed by atoms with van der Waals surface area (Å²) in [4.78, 5) is 29.0. The van der Waals surface area contributed by atoms with E-state index < -0.39 is 0 Å². The van der Waals surface area contributed by atoms with Crippen LogP contribution in [0.5, 0.6) is 0 Å². The van der Waals surface area contributed by atoms with Gasteiger partial charge in [-0.05, 0) is 51.4 Å². The van der Waals surface area contributed by atoms with Gasteiger partial charge in [-0.15, -0.1) is 0 Å². The molecular formula is C21H33N3O2. The average Bonchev–Trinajstić information content (AvgIpc) is 2.68. The van der Waals surface area contributed by atoms with Crippen LogP contribution < -0.4 is 5.32 Å². The number of nitrogens with zero attached hydrogens (tertiary/aromatic N) is 2. The summed E-state index contributed by atoms with van der Waals surface area (Å²) in [5, 5.41) is 2.96. The summed E-state index contributed by atoms with van der Waals surface area (Å²) < 4.78 is 0. The van der Waals surface area contributed by atoms with Gasteiger partial charge in [0.2, 0.25) is 5.91 Å². The lowest BCUT2D eigenvalue weighted by molar-refractivity contribution is -0.118. The molecule has 2 amide bonds. The van der Waals surface area contributed by atoms with Crippen LogP contribution in [0.1, 0.15) is 63.2 Å². The van der Waals surface area contributed by atoms with E-state index in [1.807, 2.05) is 26.0 Å². The molecule has 1 fully saturated rings. The highest BCUT2D eigenvalue weighted by atomic mass is 16.2. The number of carbonyl (C=O) groups excluding carboxylic acids is 2. The number of carbonyl (C=O) groups is 2. The predicted octanol–water partition coefficient (Wildman–Crippen LogP) is 3.76. The summed E-state index contributed by atoms with van der Waals surface area (Å²) in [5.74, 6) is -0.00616. The van der Waals surface area contributed by atoms with E-state index in [-0.39, 0.29) is 11.8 Å². The van der Waals surface area contributed by atoms with Crippen molar-refractivity contribution in [2.24, 2.45) is 0 Å². The molecule has 0 heterocycles. The molecule has 5 heteroatoms. The van der Waals surface area contributed by atoms with Crippen molar-refractivity contribution in [1.29, 1.82) is 0 Å². The van der Waals surface area contributed by atoms with Crippen molar-refractivity contribution in [1.82, 2.24) is 9.80 Å². The summed E-state index contributed by atoms with van der Waals surface area (Å²) in [6.07, 6.45) is 6.22. The molecule has 26 heavy (non-hydrogen) atoms. The van der Waals surface area contributed by atoms with Crippen LogP contribution in [0, 0.1) is 0 Å². The second-order valence-electron chi connectivity index (χ2n) is 6.96. The van der Waals surface area contributed by atoms with Gasteiger partial charge in [0, 0.05) is 30.4 Å². The van der Waals surface area contributed by atoms with Crippen molar-refractivity contribution < 1.29 is 9.59 Å². The molecule has 0 saturated heterocycles. The Morgan fingerprint density at radius 1 is 1.04 bits per heavy atom. The van der Waals surface area contributed by atoms with Crippen LogP contribution in [0.25, 0.3) is 0 Å². The Morgan fingerprint density at radius 2 is 1.73 bits per heavy atom. The van der Waals surface area contributed by atoms with Crippen LogP contribution in [0.4, 0.5) is 5.69 Å². The van der Waals surface area contributed by atoms with Gasteiger partial charge in [0.1, 0.15) is 0 Å². The van der Waals surface area contributed by atoms with Crippen molar-refractivity contribution in [3.05, 3.63) is 29.8 Å². The maximum atomic E-state index is 12.5. The minimum Gasteiger partial charge on any atom is -0.339 e.